The lowest BCUT2D eigenvalue weighted by Crippen LogP contribution is -2.40. The fourth-order valence-corrected chi connectivity index (χ4v) is 5.23. The number of rotatable bonds is 17. The summed E-state index contributed by atoms with van der Waals surface area (Å²) >= 11 is 0. The van der Waals surface area contributed by atoms with Gasteiger partial charge < -0.3 is 8.85 Å². The van der Waals surface area contributed by atoms with Crippen LogP contribution in [-0.2, 0) is 8.85 Å². The predicted octanol–water partition coefficient (Wildman–Crippen LogP) is 9.71. The molecule has 0 aromatic rings. The normalized spacial score (nSPS) is 13.8. The van der Waals surface area contributed by atoms with Gasteiger partial charge in [0.25, 0.3) is 0 Å². The zero-order chi connectivity index (χ0) is 23.3. The fourth-order valence-electron chi connectivity index (χ4n) is 3.06. The van der Waals surface area contributed by atoms with Gasteiger partial charge >= 0.3 is 0 Å². The summed E-state index contributed by atoms with van der Waals surface area (Å²) in [5, 5.41) is 0.678. The first kappa shape index (κ1) is 30.4. The van der Waals surface area contributed by atoms with Crippen molar-refractivity contribution < 1.29 is 8.85 Å². The molecular weight excluding hydrogens is 400 g/mol. The lowest BCUT2D eigenvalue weighted by atomic mass is 10.1. The average molecular weight is 459 g/mol. The molecule has 0 rings (SSSR count). The molecule has 2 nitrogen and oxygen atoms in total. The summed E-state index contributed by atoms with van der Waals surface area (Å²) in [6.45, 7) is 25.3. The highest BCUT2D eigenvalue weighted by molar-refractivity contribution is 6.74. The Morgan fingerprint density at radius 3 is 0.800 bits per heavy atom. The highest BCUT2D eigenvalue weighted by Gasteiger charge is 2.37. The molecule has 0 aromatic heterocycles. The van der Waals surface area contributed by atoms with Crippen molar-refractivity contribution in [3.63, 3.8) is 0 Å². The van der Waals surface area contributed by atoms with Crippen molar-refractivity contribution in [2.45, 2.75) is 155 Å². The molecule has 0 aliphatic heterocycles. The zero-order valence-corrected chi connectivity index (χ0v) is 24.7. The van der Waals surface area contributed by atoms with Gasteiger partial charge in [-0.25, -0.2) is 0 Å². The molecule has 4 heteroatoms. The van der Waals surface area contributed by atoms with Gasteiger partial charge in [-0.1, -0.05) is 106 Å². The predicted molar refractivity (Wildman–Crippen MR) is 142 cm³/mol. The minimum Gasteiger partial charge on any atom is -0.417 e. The minimum absolute atomic E-state index is 0.339. The highest BCUT2D eigenvalue weighted by atomic mass is 28.4. The van der Waals surface area contributed by atoms with Crippen LogP contribution in [0.3, 0.4) is 0 Å². The summed E-state index contributed by atoms with van der Waals surface area (Å²) in [5.41, 5.74) is 0. The average Bonchev–Trinajstić information content (AvgIpc) is 2.59. The second kappa shape index (κ2) is 14.5. The van der Waals surface area contributed by atoms with Gasteiger partial charge in [-0.15, -0.1) is 0 Å². The van der Waals surface area contributed by atoms with Crippen LogP contribution in [0.2, 0.25) is 36.3 Å². The first-order valence-corrected chi connectivity index (χ1v) is 18.8. The van der Waals surface area contributed by atoms with Crippen LogP contribution >= 0.6 is 0 Å². The summed E-state index contributed by atoms with van der Waals surface area (Å²) in [6.07, 6.45) is 16.4. The molecule has 182 valence electrons. The molecule has 0 aliphatic carbocycles. The molecule has 30 heavy (non-hydrogen) atoms. The third kappa shape index (κ3) is 13.7. The molecule has 0 saturated carbocycles. The minimum atomic E-state index is -1.53. The Morgan fingerprint density at radius 2 is 0.600 bits per heavy atom. The largest absolute Gasteiger partial charge is 0.417 e. The summed E-state index contributed by atoms with van der Waals surface area (Å²) in [7, 11) is -3.06. The van der Waals surface area contributed by atoms with E-state index < -0.39 is 16.6 Å². The van der Waals surface area contributed by atoms with Crippen molar-refractivity contribution in [1.82, 2.24) is 0 Å². The van der Waals surface area contributed by atoms with Crippen LogP contribution < -0.4 is 0 Å². The van der Waals surface area contributed by atoms with Crippen molar-refractivity contribution in [3.8, 4) is 0 Å². The number of hydrogen-bond donors (Lipinski definition) is 0. The molecule has 0 aliphatic rings. The van der Waals surface area contributed by atoms with Gasteiger partial charge in [-0.3, -0.25) is 0 Å². The van der Waals surface area contributed by atoms with E-state index in [0.29, 0.717) is 10.1 Å². The molecule has 0 amide bonds. The summed E-state index contributed by atoms with van der Waals surface area (Å²) in [4.78, 5) is 0. The Kier molecular flexibility index (Phi) is 14.7. The maximum absolute atomic E-state index is 6.27. The van der Waals surface area contributed by atoms with Gasteiger partial charge in [-0.05, 0) is 49.1 Å². The van der Waals surface area contributed by atoms with E-state index in [1.807, 2.05) is 0 Å². The van der Waals surface area contributed by atoms with E-state index in [4.69, 9.17) is 8.85 Å². The fraction of sp³-hybridized carbons (Fsp3) is 1.00. The highest BCUT2D eigenvalue weighted by Crippen LogP contribution is 2.37. The Labute approximate surface area is 193 Å². The number of unbranched alkanes of at least 4 members (excludes halogenated alkanes) is 11. The molecule has 0 bridgehead atoms. The second-order valence-electron chi connectivity index (χ2n) is 12.5. The standard InChI is InChI=1S/C26H58O2Si2/c1-25(2,3)29(7,8)27-23-21-19-17-15-13-11-12-14-16-18-20-22-24-28-30(9,10)26(4,5)6/h11-24H2,1-10H3. The summed E-state index contributed by atoms with van der Waals surface area (Å²) in [6, 6.07) is 0. The zero-order valence-electron chi connectivity index (χ0n) is 22.7. The van der Waals surface area contributed by atoms with E-state index in [1.54, 1.807) is 0 Å². The topological polar surface area (TPSA) is 18.5 Å². The molecule has 0 unspecified atom stereocenters. The molecule has 0 atom stereocenters. The third-order valence-electron chi connectivity index (χ3n) is 7.58. The van der Waals surface area contributed by atoms with E-state index in [1.165, 1.54) is 77.0 Å². The first-order valence-electron chi connectivity index (χ1n) is 13.0. The molecule has 0 radical (unpaired) electrons. The van der Waals surface area contributed by atoms with Gasteiger partial charge in [0, 0.05) is 13.2 Å². The Bertz CT molecular complexity index is 380. The first-order chi connectivity index (χ1) is 13.7. The van der Waals surface area contributed by atoms with Crippen LogP contribution in [0, 0.1) is 0 Å². The second-order valence-corrected chi connectivity index (χ2v) is 22.1. The maximum Gasteiger partial charge on any atom is 0.191 e. The van der Waals surface area contributed by atoms with Gasteiger partial charge in [0.1, 0.15) is 0 Å². The molecule has 0 fully saturated rings. The van der Waals surface area contributed by atoms with Gasteiger partial charge in [0.15, 0.2) is 16.6 Å². The Hall–Kier alpha value is 0.354. The van der Waals surface area contributed by atoms with Crippen molar-refractivity contribution in [1.29, 1.82) is 0 Å². The smallest absolute Gasteiger partial charge is 0.191 e. The summed E-state index contributed by atoms with van der Waals surface area (Å²) < 4.78 is 12.5. The van der Waals surface area contributed by atoms with Crippen molar-refractivity contribution in [3.05, 3.63) is 0 Å². The van der Waals surface area contributed by atoms with E-state index in [2.05, 4.69) is 67.7 Å². The van der Waals surface area contributed by atoms with E-state index in [0.717, 1.165) is 13.2 Å². The van der Waals surface area contributed by atoms with Crippen LogP contribution in [0.1, 0.15) is 119 Å². The van der Waals surface area contributed by atoms with Crippen LogP contribution in [0.4, 0.5) is 0 Å². The molecule has 0 aromatic carbocycles. The molecule has 0 saturated heterocycles. The molecular formula is C26H58O2Si2. The Balaban J connectivity index is 3.38. The lowest BCUT2D eigenvalue weighted by Gasteiger charge is -2.36. The number of hydrogen-bond acceptors (Lipinski definition) is 2. The SMILES string of the molecule is CC(C)(C)[Si](C)(C)OCCCCCCCCCCCCCCO[Si](C)(C)C(C)(C)C. The van der Waals surface area contributed by atoms with Crippen LogP contribution in [0.25, 0.3) is 0 Å². The van der Waals surface area contributed by atoms with Crippen molar-refractivity contribution >= 4 is 16.6 Å². The van der Waals surface area contributed by atoms with Crippen LogP contribution in [-0.4, -0.2) is 29.8 Å². The van der Waals surface area contributed by atoms with Gasteiger partial charge in [0.05, 0.1) is 0 Å². The monoisotopic (exact) mass is 458 g/mol. The molecule has 0 N–H and O–H groups in total. The van der Waals surface area contributed by atoms with Crippen LogP contribution in [0.5, 0.6) is 0 Å². The van der Waals surface area contributed by atoms with Gasteiger partial charge in [-0.2, -0.15) is 0 Å². The van der Waals surface area contributed by atoms with Crippen molar-refractivity contribution in [2.24, 2.45) is 0 Å². The third-order valence-corrected chi connectivity index (χ3v) is 16.7. The van der Waals surface area contributed by atoms with Gasteiger partial charge in [0.2, 0.25) is 0 Å². The molecule has 0 heterocycles. The lowest BCUT2D eigenvalue weighted by molar-refractivity contribution is 0.276. The Morgan fingerprint density at radius 1 is 0.400 bits per heavy atom. The summed E-state index contributed by atoms with van der Waals surface area (Å²) in [5.74, 6) is 0. The maximum atomic E-state index is 6.27. The van der Waals surface area contributed by atoms with E-state index >= 15 is 0 Å². The van der Waals surface area contributed by atoms with Crippen LogP contribution in [0.15, 0.2) is 0 Å². The van der Waals surface area contributed by atoms with E-state index in [-0.39, 0.29) is 0 Å². The van der Waals surface area contributed by atoms with Crippen molar-refractivity contribution in [2.75, 3.05) is 13.2 Å². The quantitative estimate of drug-likeness (QED) is 0.159. The molecule has 0 spiro atoms. The van der Waals surface area contributed by atoms with E-state index in [9.17, 15) is 0 Å².